The van der Waals surface area contributed by atoms with E-state index >= 15 is 0 Å². The van der Waals surface area contributed by atoms with Crippen molar-refractivity contribution in [2.45, 2.75) is 10.6 Å². The maximum Gasteiger partial charge on any atom is 0.289 e. The lowest BCUT2D eigenvalue weighted by molar-refractivity contribution is 0.0713. The van der Waals surface area contributed by atoms with E-state index in [1.54, 1.807) is 17.0 Å². The summed E-state index contributed by atoms with van der Waals surface area (Å²) in [5, 5.41) is 0.703. The molecule has 1 atom stereocenters. The van der Waals surface area contributed by atoms with Crippen LogP contribution in [0.25, 0.3) is 0 Å². The van der Waals surface area contributed by atoms with Crippen LogP contribution in [0.1, 0.15) is 16.3 Å². The Labute approximate surface area is 191 Å². The molecule has 0 spiro atoms. The van der Waals surface area contributed by atoms with E-state index in [4.69, 9.17) is 16.0 Å². The van der Waals surface area contributed by atoms with Gasteiger partial charge in [-0.1, -0.05) is 33.6 Å². The molecule has 2 aromatic carbocycles. The highest BCUT2D eigenvalue weighted by Gasteiger charge is 2.24. The molecule has 0 radical (unpaired) electrons. The second kappa shape index (κ2) is 9.37. The SMILES string of the molecule is O=C(c1ccc(CS(=O)c2ccc(Br)cc2)o1)N1CCN(c2cccc(Cl)c2)CC1. The maximum absolute atomic E-state index is 12.8. The standard InChI is InChI=1S/C22H20BrClN2O3S/c23-16-4-7-20(8-5-16)30(28)15-19-6-9-21(29-19)22(27)26-12-10-25(11-13-26)18-3-1-2-17(24)14-18/h1-9,14H,10-13,15H2. The van der Waals surface area contributed by atoms with Crippen molar-refractivity contribution in [1.29, 1.82) is 0 Å². The fourth-order valence-electron chi connectivity index (χ4n) is 3.37. The van der Waals surface area contributed by atoms with Gasteiger partial charge in [-0.05, 0) is 54.6 Å². The number of rotatable bonds is 5. The quantitative estimate of drug-likeness (QED) is 0.489. The fraction of sp³-hybridized carbons (Fsp3) is 0.227. The number of hydrogen-bond donors (Lipinski definition) is 0. The molecule has 1 amide bonds. The third-order valence-corrected chi connectivity index (χ3v) is 7.07. The molecule has 1 unspecified atom stereocenters. The van der Waals surface area contributed by atoms with Crippen LogP contribution >= 0.6 is 27.5 Å². The number of furan rings is 1. The second-order valence-corrected chi connectivity index (χ2v) is 9.77. The van der Waals surface area contributed by atoms with Gasteiger partial charge in [-0.3, -0.25) is 9.00 Å². The van der Waals surface area contributed by atoms with E-state index in [2.05, 4.69) is 20.8 Å². The van der Waals surface area contributed by atoms with Crippen molar-refractivity contribution in [3.63, 3.8) is 0 Å². The first kappa shape index (κ1) is 21.2. The first-order valence-electron chi connectivity index (χ1n) is 9.52. The van der Waals surface area contributed by atoms with E-state index in [1.165, 1.54) is 0 Å². The number of benzene rings is 2. The largest absolute Gasteiger partial charge is 0.455 e. The van der Waals surface area contributed by atoms with Gasteiger partial charge >= 0.3 is 0 Å². The van der Waals surface area contributed by atoms with Crippen molar-refractivity contribution in [3.8, 4) is 0 Å². The first-order chi connectivity index (χ1) is 14.5. The van der Waals surface area contributed by atoms with Crippen molar-refractivity contribution in [1.82, 2.24) is 4.90 Å². The summed E-state index contributed by atoms with van der Waals surface area (Å²) in [5.41, 5.74) is 1.06. The highest BCUT2D eigenvalue weighted by molar-refractivity contribution is 9.10. The van der Waals surface area contributed by atoms with E-state index in [0.717, 1.165) is 28.1 Å². The van der Waals surface area contributed by atoms with Gasteiger partial charge in [-0.2, -0.15) is 0 Å². The monoisotopic (exact) mass is 506 g/mol. The third-order valence-electron chi connectivity index (χ3n) is 4.96. The van der Waals surface area contributed by atoms with E-state index in [0.29, 0.717) is 23.9 Å². The Bertz CT molecular complexity index is 1060. The number of nitrogens with zero attached hydrogens (tertiary/aromatic N) is 2. The van der Waals surface area contributed by atoms with Gasteiger partial charge in [0.1, 0.15) is 5.76 Å². The van der Waals surface area contributed by atoms with Gasteiger partial charge in [0.25, 0.3) is 5.91 Å². The average Bonchev–Trinajstić information content (AvgIpc) is 3.22. The van der Waals surface area contributed by atoms with E-state index in [1.807, 2.05) is 48.5 Å². The summed E-state index contributed by atoms with van der Waals surface area (Å²) in [7, 11) is -1.23. The minimum atomic E-state index is -1.23. The Morgan fingerprint density at radius 2 is 1.77 bits per heavy atom. The van der Waals surface area contributed by atoms with Gasteiger partial charge in [-0.15, -0.1) is 0 Å². The van der Waals surface area contributed by atoms with Gasteiger partial charge in [0.15, 0.2) is 5.76 Å². The first-order valence-corrected chi connectivity index (χ1v) is 12.0. The molecule has 1 fully saturated rings. The van der Waals surface area contributed by atoms with Gasteiger partial charge < -0.3 is 14.2 Å². The number of halogens is 2. The van der Waals surface area contributed by atoms with Crippen LogP contribution < -0.4 is 4.90 Å². The molecule has 0 saturated carbocycles. The van der Waals surface area contributed by atoms with Crippen molar-refractivity contribution in [3.05, 3.63) is 81.7 Å². The Morgan fingerprint density at radius 1 is 1.03 bits per heavy atom. The predicted octanol–water partition coefficient (Wildman–Crippen LogP) is 4.97. The number of amides is 1. The molecule has 2 heterocycles. The zero-order valence-electron chi connectivity index (χ0n) is 16.1. The van der Waals surface area contributed by atoms with Gasteiger partial charge in [0.05, 0.1) is 16.6 Å². The molecular weight excluding hydrogens is 488 g/mol. The molecule has 5 nitrogen and oxygen atoms in total. The molecule has 4 rings (SSSR count). The lowest BCUT2D eigenvalue weighted by Crippen LogP contribution is -2.48. The summed E-state index contributed by atoms with van der Waals surface area (Å²) in [6.45, 7) is 2.67. The van der Waals surface area contributed by atoms with Gasteiger partial charge in [-0.25, -0.2) is 0 Å². The van der Waals surface area contributed by atoms with Crippen LogP contribution in [0.4, 0.5) is 5.69 Å². The average molecular weight is 508 g/mol. The van der Waals surface area contributed by atoms with Crippen LogP contribution in [0.15, 0.2) is 74.4 Å². The fourth-order valence-corrected chi connectivity index (χ4v) is 4.83. The van der Waals surface area contributed by atoms with E-state index in [9.17, 15) is 9.00 Å². The summed E-state index contributed by atoms with van der Waals surface area (Å²) in [6.07, 6.45) is 0. The van der Waals surface area contributed by atoms with Crippen LogP contribution in [-0.4, -0.2) is 41.2 Å². The Hall–Kier alpha value is -2.09. The number of carbonyl (C=O) groups is 1. The predicted molar refractivity (Wildman–Crippen MR) is 123 cm³/mol. The molecule has 1 aromatic heterocycles. The number of carbonyl (C=O) groups excluding carboxylic acids is 1. The molecule has 8 heteroatoms. The van der Waals surface area contributed by atoms with Crippen LogP contribution in [0.5, 0.6) is 0 Å². The Morgan fingerprint density at radius 3 is 2.47 bits per heavy atom. The second-order valence-electron chi connectivity index (χ2n) is 6.97. The molecule has 1 saturated heterocycles. The Balaban J connectivity index is 1.35. The van der Waals surface area contributed by atoms with E-state index < -0.39 is 10.8 Å². The van der Waals surface area contributed by atoms with Gasteiger partial charge in [0.2, 0.25) is 0 Å². The zero-order chi connectivity index (χ0) is 21.1. The lowest BCUT2D eigenvalue weighted by Gasteiger charge is -2.35. The van der Waals surface area contributed by atoms with Crippen LogP contribution in [0.2, 0.25) is 5.02 Å². The summed E-state index contributed by atoms with van der Waals surface area (Å²) in [5.74, 6) is 0.921. The minimum Gasteiger partial charge on any atom is -0.455 e. The summed E-state index contributed by atoms with van der Waals surface area (Å²) < 4.78 is 19.2. The molecule has 0 N–H and O–H groups in total. The number of piperazine rings is 1. The molecule has 1 aliphatic heterocycles. The molecule has 0 aliphatic carbocycles. The van der Waals surface area contributed by atoms with Crippen molar-refractivity contribution in [2.75, 3.05) is 31.1 Å². The zero-order valence-corrected chi connectivity index (χ0v) is 19.3. The lowest BCUT2D eigenvalue weighted by atomic mass is 10.2. The maximum atomic E-state index is 12.8. The van der Waals surface area contributed by atoms with Crippen molar-refractivity contribution < 1.29 is 13.4 Å². The number of hydrogen-bond acceptors (Lipinski definition) is 4. The molecule has 156 valence electrons. The summed E-state index contributed by atoms with van der Waals surface area (Å²) >= 11 is 9.45. The normalized spacial score (nSPS) is 15.3. The Kier molecular flexibility index (Phi) is 6.61. The third kappa shape index (κ3) is 4.96. The topological polar surface area (TPSA) is 53.8 Å². The van der Waals surface area contributed by atoms with E-state index in [-0.39, 0.29) is 17.4 Å². The molecular formula is C22H20BrClN2O3S. The molecule has 0 bridgehead atoms. The molecule has 30 heavy (non-hydrogen) atoms. The molecule has 3 aromatic rings. The van der Waals surface area contributed by atoms with Gasteiger partial charge in [0, 0.05) is 46.3 Å². The van der Waals surface area contributed by atoms with Crippen LogP contribution in [0.3, 0.4) is 0 Å². The number of anilines is 1. The summed E-state index contributed by atoms with van der Waals surface area (Å²) in [6, 6.07) is 18.5. The highest BCUT2D eigenvalue weighted by atomic mass is 79.9. The smallest absolute Gasteiger partial charge is 0.289 e. The minimum absolute atomic E-state index is 0.138. The van der Waals surface area contributed by atoms with Crippen LogP contribution in [-0.2, 0) is 16.6 Å². The van der Waals surface area contributed by atoms with Crippen LogP contribution in [0, 0.1) is 0 Å². The summed E-state index contributed by atoms with van der Waals surface area (Å²) in [4.78, 5) is 17.5. The highest BCUT2D eigenvalue weighted by Crippen LogP contribution is 2.22. The van der Waals surface area contributed by atoms with Crippen molar-refractivity contribution in [2.24, 2.45) is 0 Å². The molecule has 1 aliphatic rings. The van der Waals surface area contributed by atoms with Crippen molar-refractivity contribution >= 4 is 49.9 Å².